The molecule has 5 heteroatoms. The summed E-state index contributed by atoms with van der Waals surface area (Å²) in [6.07, 6.45) is 0.830. The summed E-state index contributed by atoms with van der Waals surface area (Å²) in [7, 11) is 0. The smallest absolute Gasteiger partial charge is 0.335 e. The zero-order valence-corrected chi connectivity index (χ0v) is 10.7. The van der Waals surface area contributed by atoms with Crippen LogP contribution in [0.3, 0.4) is 0 Å². The molecule has 2 aromatic carbocycles. The van der Waals surface area contributed by atoms with Gasteiger partial charge in [-0.2, -0.15) is 0 Å². The highest BCUT2D eigenvalue weighted by Crippen LogP contribution is 2.14. The first-order valence-corrected chi connectivity index (χ1v) is 6.34. The van der Waals surface area contributed by atoms with Gasteiger partial charge in [0, 0.05) is 6.54 Å². The highest BCUT2D eigenvalue weighted by molar-refractivity contribution is 5.92. The molecular weight excluding hydrogens is 254 g/mol. The predicted octanol–water partition coefficient (Wildman–Crippen LogP) is 2.37. The molecule has 0 aliphatic rings. The molecule has 0 amide bonds. The maximum atomic E-state index is 11.0. The Bertz CT molecular complexity index is 750. The summed E-state index contributed by atoms with van der Waals surface area (Å²) in [4.78, 5) is 11.0. The lowest BCUT2D eigenvalue weighted by atomic mass is 10.1. The van der Waals surface area contributed by atoms with Crippen molar-refractivity contribution in [3.63, 3.8) is 0 Å². The van der Waals surface area contributed by atoms with Crippen molar-refractivity contribution in [2.75, 3.05) is 0 Å². The zero-order chi connectivity index (χ0) is 13.9. The van der Waals surface area contributed by atoms with E-state index in [4.69, 9.17) is 5.11 Å². The van der Waals surface area contributed by atoms with Crippen molar-refractivity contribution in [1.29, 1.82) is 0 Å². The third-order valence-corrected chi connectivity index (χ3v) is 3.22. The molecule has 1 heterocycles. The minimum absolute atomic E-state index is 0.251. The highest BCUT2D eigenvalue weighted by Gasteiger charge is 2.09. The van der Waals surface area contributed by atoms with Crippen molar-refractivity contribution >= 4 is 17.0 Å². The van der Waals surface area contributed by atoms with Crippen LogP contribution in [-0.4, -0.2) is 26.1 Å². The van der Waals surface area contributed by atoms with Gasteiger partial charge >= 0.3 is 5.97 Å². The first-order valence-electron chi connectivity index (χ1n) is 6.34. The summed E-state index contributed by atoms with van der Waals surface area (Å²) in [5.41, 5.74) is 2.93. The number of carboxylic acid groups (broad SMARTS) is 1. The molecule has 1 aromatic heterocycles. The second-order valence-electron chi connectivity index (χ2n) is 4.56. The molecule has 0 spiro atoms. The van der Waals surface area contributed by atoms with Gasteiger partial charge in [0.25, 0.3) is 0 Å². The van der Waals surface area contributed by atoms with E-state index in [9.17, 15) is 4.79 Å². The van der Waals surface area contributed by atoms with Crippen molar-refractivity contribution in [3.05, 3.63) is 59.7 Å². The summed E-state index contributed by atoms with van der Waals surface area (Å²) in [6, 6.07) is 14.9. The van der Waals surface area contributed by atoms with Crippen molar-refractivity contribution < 1.29 is 9.90 Å². The lowest BCUT2D eigenvalue weighted by molar-refractivity contribution is 0.0697. The Hall–Kier alpha value is -2.69. The van der Waals surface area contributed by atoms with Gasteiger partial charge < -0.3 is 5.11 Å². The minimum Gasteiger partial charge on any atom is -0.478 e. The molecule has 0 atom stereocenters. The minimum atomic E-state index is -0.942. The normalized spacial score (nSPS) is 10.8. The first kappa shape index (κ1) is 12.3. The number of aryl methyl sites for hydroxylation is 2. The number of benzene rings is 2. The lowest BCUT2D eigenvalue weighted by Gasteiger charge is -2.03. The van der Waals surface area contributed by atoms with Crippen molar-refractivity contribution in [1.82, 2.24) is 15.0 Å². The third kappa shape index (κ3) is 2.38. The van der Waals surface area contributed by atoms with Gasteiger partial charge in [0.2, 0.25) is 0 Å². The molecule has 0 unspecified atom stereocenters. The Balaban J connectivity index is 1.88. The topological polar surface area (TPSA) is 68.0 Å². The molecule has 0 saturated carbocycles. The molecule has 0 bridgehead atoms. The lowest BCUT2D eigenvalue weighted by Crippen LogP contribution is -2.04. The average Bonchev–Trinajstić information content (AvgIpc) is 2.88. The van der Waals surface area contributed by atoms with Gasteiger partial charge in [-0.15, -0.1) is 5.10 Å². The van der Waals surface area contributed by atoms with Gasteiger partial charge in [-0.25, -0.2) is 9.48 Å². The number of aromatic nitrogens is 3. The number of fused-ring (bicyclic) bond motifs is 1. The molecule has 3 aromatic rings. The van der Waals surface area contributed by atoms with Crippen molar-refractivity contribution in [2.24, 2.45) is 0 Å². The van der Waals surface area contributed by atoms with E-state index in [0.717, 1.165) is 11.9 Å². The predicted molar refractivity (Wildman–Crippen MR) is 74.6 cm³/mol. The number of carbonyl (C=O) groups is 1. The molecule has 0 fully saturated rings. The third-order valence-electron chi connectivity index (χ3n) is 3.22. The van der Waals surface area contributed by atoms with E-state index in [2.05, 4.69) is 22.4 Å². The van der Waals surface area contributed by atoms with Crippen LogP contribution in [0.15, 0.2) is 48.5 Å². The molecule has 20 heavy (non-hydrogen) atoms. The molecule has 100 valence electrons. The summed E-state index contributed by atoms with van der Waals surface area (Å²) >= 11 is 0. The molecular formula is C15H13N3O2. The number of nitrogens with zero attached hydrogens (tertiary/aromatic N) is 3. The highest BCUT2D eigenvalue weighted by atomic mass is 16.4. The van der Waals surface area contributed by atoms with E-state index in [0.29, 0.717) is 12.1 Å². The van der Waals surface area contributed by atoms with E-state index >= 15 is 0 Å². The van der Waals surface area contributed by atoms with Crippen LogP contribution in [0, 0.1) is 0 Å². The molecule has 0 saturated heterocycles. The fourth-order valence-corrected chi connectivity index (χ4v) is 2.14. The summed E-state index contributed by atoms with van der Waals surface area (Å²) < 4.78 is 1.74. The second-order valence-corrected chi connectivity index (χ2v) is 4.56. The summed E-state index contributed by atoms with van der Waals surface area (Å²) in [6.45, 7) is 0.670. The Labute approximate surface area is 115 Å². The quantitative estimate of drug-likeness (QED) is 0.788. The van der Waals surface area contributed by atoms with Crippen LogP contribution in [0.25, 0.3) is 11.0 Å². The Morgan fingerprint density at radius 2 is 1.95 bits per heavy atom. The fourth-order valence-electron chi connectivity index (χ4n) is 2.14. The molecule has 3 rings (SSSR count). The van der Waals surface area contributed by atoms with Crippen LogP contribution in [0.1, 0.15) is 15.9 Å². The second kappa shape index (κ2) is 5.13. The number of hydrogen-bond acceptors (Lipinski definition) is 3. The van der Waals surface area contributed by atoms with Crippen molar-refractivity contribution in [3.8, 4) is 0 Å². The van der Waals surface area contributed by atoms with Gasteiger partial charge in [-0.1, -0.05) is 35.5 Å². The van der Waals surface area contributed by atoms with Gasteiger partial charge in [-0.05, 0) is 30.2 Å². The molecule has 1 N–H and O–H groups in total. The van der Waals surface area contributed by atoms with Gasteiger partial charge in [0.1, 0.15) is 5.52 Å². The summed E-state index contributed by atoms with van der Waals surface area (Å²) in [5.74, 6) is -0.942. The first-order chi connectivity index (χ1) is 9.74. The maximum Gasteiger partial charge on any atom is 0.335 e. The SMILES string of the molecule is O=C(O)c1ccc2nnn(CCc3ccccc3)c2c1. The number of aromatic carboxylic acids is 1. The largest absolute Gasteiger partial charge is 0.478 e. The van der Waals surface area contributed by atoms with E-state index in [1.165, 1.54) is 5.56 Å². The fraction of sp³-hybridized carbons (Fsp3) is 0.133. The van der Waals surface area contributed by atoms with E-state index < -0.39 is 5.97 Å². The Morgan fingerprint density at radius 1 is 1.15 bits per heavy atom. The standard InChI is InChI=1S/C15H13N3O2/c19-15(20)12-6-7-13-14(10-12)18(17-16-13)9-8-11-4-2-1-3-5-11/h1-7,10H,8-9H2,(H,19,20). The Kier molecular flexibility index (Phi) is 3.16. The van der Waals surface area contributed by atoms with Crippen LogP contribution in [0.4, 0.5) is 0 Å². The van der Waals surface area contributed by atoms with Crippen LogP contribution in [0.5, 0.6) is 0 Å². The Morgan fingerprint density at radius 3 is 2.70 bits per heavy atom. The van der Waals surface area contributed by atoms with E-state index in [1.54, 1.807) is 22.9 Å². The van der Waals surface area contributed by atoms with E-state index in [-0.39, 0.29) is 5.56 Å². The molecule has 0 aliphatic heterocycles. The zero-order valence-electron chi connectivity index (χ0n) is 10.7. The van der Waals surface area contributed by atoms with Crippen LogP contribution < -0.4 is 0 Å². The monoisotopic (exact) mass is 267 g/mol. The number of carboxylic acids is 1. The number of rotatable bonds is 4. The van der Waals surface area contributed by atoms with E-state index in [1.807, 2.05) is 18.2 Å². The number of hydrogen-bond donors (Lipinski definition) is 1. The van der Waals surface area contributed by atoms with Crippen LogP contribution in [-0.2, 0) is 13.0 Å². The van der Waals surface area contributed by atoms with Crippen LogP contribution in [0.2, 0.25) is 0 Å². The van der Waals surface area contributed by atoms with Crippen molar-refractivity contribution in [2.45, 2.75) is 13.0 Å². The molecule has 5 nitrogen and oxygen atoms in total. The van der Waals surface area contributed by atoms with Gasteiger partial charge in [0.15, 0.2) is 0 Å². The maximum absolute atomic E-state index is 11.0. The average molecular weight is 267 g/mol. The van der Waals surface area contributed by atoms with Gasteiger partial charge in [0.05, 0.1) is 11.1 Å². The summed E-state index contributed by atoms with van der Waals surface area (Å²) in [5, 5.41) is 17.2. The van der Waals surface area contributed by atoms with Gasteiger partial charge in [-0.3, -0.25) is 0 Å². The van der Waals surface area contributed by atoms with Crippen LogP contribution >= 0.6 is 0 Å². The molecule has 0 radical (unpaired) electrons. The molecule has 0 aliphatic carbocycles.